The number of nitriles is 1. The molecule has 1 saturated heterocycles. The molecule has 4 nitrogen and oxygen atoms in total. The Balaban J connectivity index is 2.28. The van der Waals surface area contributed by atoms with Gasteiger partial charge in [0.05, 0.1) is 16.7 Å². The van der Waals surface area contributed by atoms with Crippen molar-refractivity contribution in [2.24, 2.45) is 5.92 Å². The van der Waals surface area contributed by atoms with Gasteiger partial charge < -0.3 is 0 Å². The molecule has 114 valence electrons. The quantitative estimate of drug-likeness (QED) is 0.855. The molecular formula is C15H19ClN2O2S. The van der Waals surface area contributed by atoms with Crippen molar-refractivity contribution in [2.45, 2.75) is 37.5 Å². The number of hydrogen-bond donors (Lipinski definition) is 0. The molecule has 0 aliphatic carbocycles. The first-order chi connectivity index (χ1) is 9.98. The average Bonchev–Trinajstić information content (AvgIpc) is 2.72. The van der Waals surface area contributed by atoms with Gasteiger partial charge in [-0.2, -0.15) is 9.57 Å². The summed E-state index contributed by atoms with van der Waals surface area (Å²) < 4.78 is 27.0. The van der Waals surface area contributed by atoms with Gasteiger partial charge in [0.1, 0.15) is 4.90 Å². The molecule has 1 aliphatic rings. The third kappa shape index (κ3) is 3.57. The highest BCUT2D eigenvalue weighted by molar-refractivity contribution is 7.89. The average molecular weight is 327 g/mol. The van der Waals surface area contributed by atoms with Crippen LogP contribution in [-0.2, 0) is 10.0 Å². The fourth-order valence-electron chi connectivity index (χ4n) is 2.71. The molecule has 0 saturated carbocycles. The third-order valence-electron chi connectivity index (χ3n) is 4.06. The molecule has 0 bridgehead atoms. The molecule has 1 heterocycles. The van der Waals surface area contributed by atoms with E-state index in [-0.39, 0.29) is 9.92 Å². The molecule has 1 aliphatic heterocycles. The molecule has 1 atom stereocenters. The van der Waals surface area contributed by atoms with Gasteiger partial charge in [-0.1, -0.05) is 24.9 Å². The molecule has 1 aromatic rings. The van der Waals surface area contributed by atoms with Crippen molar-refractivity contribution in [1.82, 2.24) is 4.31 Å². The van der Waals surface area contributed by atoms with E-state index < -0.39 is 10.0 Å². The van der Waals surface area contributed by atoms with Crippen LogP contribution in [0.4, 0.5) is 0 Å². The summed E-state index contributed by atoms with van der Waals surface area (Å²) in [6, 6.07) is 6.28. The van der Waals surface area contributed by atoms with Gasteiger partial charge in [0.15, 0.2) is 0 Å². The summed E-state index contributed by atoms with van der Waals surface area (Å²) in [4.78, 5) is 0.0955. The zero-order chi connectivity index (χ0) is 15.5. The normalized spacial score (nSPS) is 20.7. The van der Waals surface area contributed by atoms with E-state index in [1.54, 1.807) is 0 Å². The lowest BCUT2D eigenvalue weighted by molar-refractivity contribution is 0.407. The van der Waals surface area contributed by atoms with Gasteiger partial charge in [0, 0.05) is 13.1 Å². The van der Waals surface area contributed by atoms with Crippen LogP contribution >= 0.6 is 11.6 Å². The van der Waals surface area contributed by atoms with Crippen LogP contribution in [0.15, 0.2) is 23.1 Å². The molecule has 21 heavy (non-hydrogen) atoms. The van der Waals surface area contributed by atoms with E-state index in [9.17, 15) is 8.42 Å². The standard InChI is InChI=1S/C15H19ClN2O2S/c1-2-12-4-3-8-18(9-7-12)21(19,20)15-6-5-13(11-17)10-14(15)16/h5-6,10,12H,2-4,7-9H2,1H3. The highest BCUT2D eigenvalue weighted by Crippen LogP contribution is 2.29. The van der Waals surface area contributed by atoms with Crippen molar-refractivity contribution in [3.63, 3.8) is 0 Å². The fourth-order valence-corrected chi connectivity index (χ4v) is 4.72. The summed E-state index contributed by atoms with van der Waals surface area (Å²) >= 11 is 6.05. The predicted octanol–water partition coefficient (Wildman–Crippen LogP) is 3.41. The minimum atomic E-state index is -3.58. The lowest BCUT2D eigenvalue weighted by atomic mass is 9.98. The molecule has 0 radical (unpaired) electrons. The van der Waals surface area contributed by atoms with E-state index >= 15 is 0 Å². The Morgan fingerprint density at radius 1 is 1.38 bits per heavy atom. The first kappa shape index (κ1) is 16.3. The van der Waals surface area contributed by atoms with Gasteiger partial charge in [0.2, 0.25) is 10.0 Å². The van der Waals surface area contributed by atoms with Gasteiger partial charge in [-0.25, -0.2) is 8.42 Å². The summed E-state index contributed by atoms with van der Waals surface area (Å²) in [7, 11) is -3.58. The van der Waals surface area contributed by atoms with Crippen LogP contribution in [0.3, 0.4) is 0 Å². The van der Waals surface area contributed by atoms with Gasteiger partial charge >= 0.3 is 0 Å². The van der Waals surface area contributed by atoms with Crippen molar-refractivity contribution in [3.8, 4) is 6.07 Å². The molecule has 0 aromatic heterocycles. The Bertz CT molecular complexity index is 652. The third-order valence-corrected chi connectivity index (χ3v) is 6.44. The number of nitrogens with zero attached hydrogens (tertiary/aromatic N) is 2. The van der Waals surface area contributed by atoms with E-state index in [4.69, 9.17) is 16.9 Å². The Kier molecular flexibility index (Phi) is 5.26. The van der Waals surface area contributed by atoms with Crippen LogP contribution in [0.1, 0.15) is 38.2 Å². The molecule has 0 amide bonds. The summed E-state index contributed by atoms with van der Waals surface area (Å²) in [6.45, 7) is 3.22. The van der Waals surface area contributed by atoms with Crippen LogP contribution in [-0.4, -0.2) is 25.8 Å². The maximum atomic E-state index is 12.7. The molecular weight excluding hydrogens is 308 g/mol. The molecule has 6 heteroatoms. The van der Waals surface area contributed by atoms with Crippen LogP contribution < -0.4 is 0 Å². The number of benzene rings is 1. The van der Waals surface area contributed by atoms with Crippen LogP contribution in [0, 0.1) is 17.2 Å². The highest BCUT2D eigenvalue weighted by Gasteiger charge is 2.28. The number of rotatable bonds is 3. The van der Waals surface area contributed by atoms with Gasteiger partial charge in [-0.15, -0.1) is 0 Å². The zero-order valence-corrected chi connectivity index (χ0v) is 13.6. The molecule has 2 rings (SSSR count). The Hall–Kier alpha value is -1.09. The van der Waals surface area contributed by atoms with Crippen molar-refractivity contribution in [1.29, 1.82) is 5.26 Å². The minimum Gasteiger partial charge on any atom is -0.207 e. The van der Waals surface area contributed by atoms with E-state index in [1.807, 2.05) is 6.07 Å². The zero-order valence-electron chi connectivity index (χ0n) is 12.0. The van der Waals surface area contributed by atoms with Gasteiger partial charge in [-0.3, -0.25) is 0 Å². The first-order valence-electron chi connectivity index (χ1n) is 7.18. The first-order valence-corrected chi connectivity index (χ1v) is 9.00. The second-order valence-corrected chi connectivity index (χ2v) is 7.68. The number of hydrogen-bond acceptors (Lipinski definition) is 3. The maximum Gasteiger partial charge on any atom is 0.244 e. The second kappa shape index (κ2) is 6.78. The van der Waals surface area contributed by atoms with Gasteiger partial charge in [0.25, 0.3) is 0 Å². The number of sulfonamides is 1. The summed E-state index contributed by atoms with van der Waals surface area (Å²) in [6.07, 6.45) is 3.93. The van der Waals surface area contributed by atoms with Crippen molar-refractivity contribution < 1.29 is 8.42 Å². The maximum absolute atomic E-state index is 12.7. The molecule has 0 spiro atoms. The summed E-state index contributed by atoms with van der Waals surface area (Å²) in [5, 5.41) is 8.95. The number of halogens is 1. The Labute approximate surface area is 131 Å². The second-order valence-electron chi connectivity index (χ2n) is 5.37. The van der Waals surface area contributed by atoms with Crippen molar-refractivity contribution in [3.05, 3.63) is 28.8 Å². The van der Waals surface area contributed by atoms with Crippen LogP contribution in [0.5, 0.6) is 0 Å². The van der Waals surface area contributed by atoms with Crippen molar-refractivity contribution in [2.75, 3.05) is 13.1 Å². The summed E-state index contributed by atoms with van der Waals surface area (Å²) in [5.41, 5.74) is 0.362. The minimum absolute atomic E-state index is 0.0955. The van der Waals surface area contributed by atoms with Gasteiger partial charge in [-0.05, 0) is 43.4 Å². The van der Waals surface area contributed by atoms with E-state index in [0.717, 1.165) is 25.7 Å². The fraction of sp³-hybridized carbons (Fsp3) is 0.533. The molecule has 1 aromatic carbocycles. The van der Waals surface area contributed by atoms with E-state index in [1.165, 1.54) is 22.5 Å². The van der Waals surface area contributed by atoms with Crippen LogP contribution in [0.2, 0.25) is 5.02 Å². The van der Waals surface area contributed by atoms with Crippen molar-refractivity contribution >= 4 is 21.6 Å². The lowest BCUT2D eigenvalue weighted by Gasteiger charge is -2.21. The largest absolute Gasteiger partial charge is 0.244 e. The van der Waals surface area contributed by atoms with E-state index in [0.29, 0.717) is 24.6 Å². The SMILES string of the molecule is CCC1CCCN(S(=O)(=O)c2ccc(C#N)cc2Cl)CC1. The Morgan fingerprint density at radius 2 is 2.14 bits per heavy atom. The molecule has 1 fully saturated rings. The lowest BCUT2D eigenvalue weighted by Crippen LogP contribution is -2.32. The summed E-state index contributed by atoms with van der Waals surface area (Å²) in [5.74, 6) is 0.599. The smallest absolute Gasteiger partial charge is 0.207 e. The highest BCUT2D eigenvalue weighted by atomic mass is 35.5. The predicted molar refractivity (Wildman–Crippen MR) is 82.6 cm³/mol. The van der Waals surface area contributed by atoms with Crippen LogP contribution in [0.25, 0.3) is 0 Å². The molecule has 0 N–H and O–H groups in total. The van der Waals surface area contributed by atoms with E-state index in [2.05, 4.69) is 6.92 Å². The monoisotopic (exact) mass is 326 g/mol. The Morgan fingerprint density at radius 3 is 2.76 bits per heavy atom. The molecule has 1 unspecified atom stereocenters. The topological polar surface area (TPSA) is 61.2 Å².